The van der Waals surface area contributed by atoms with Crippen molar-refractivity contribution < 1.29 is 17.6 Å². The Labute approximate surface area is 194 Å². The van der Waals surface area contributed by atoms with E-state index in [1.54, 1.807) is 12.1 Å². The number of sulfone groups is 1. The number of hydrogen-bond acceptors (Lipinski definition) is 4. The molecule has 1 aromatic heterocycles. The van der Waals surface area contributed by atoms with Crippen molar-refractivity contribution in [2.24, 2.45) is 0 Å². The number of anilines is 1. The molecule has 168 valence electrons. The minimum Gasteiger partial charge on any atom is -0.336 e. The van der Waals surface area contributed by atoms with Crippen LogP contribution in [0.4, 0.5) is 10.1 Å². The molecule has 3 aromatic carbocycles. The van der Waals surface area contributed by atoms with Gasteiger partial charge in [-0.05, 0) is 61.5 Å². The highest BCUT2D eigenvalue weighted by molar-refractivity contribution is 7.91. The van der Waals surface area contributed by atoms with E-state index in [2.05, 4.69) is 5.32 Å². The van der Waals surface area contributed by atoms with Crippen LogP contribution in [-0.4, -0.2) is 18.9 Å². The molecule has 33 heavy (non-hydrogen) atoms. The number of rotatable bonds is 5. The van der Waals surface area contributed by atoms with Gasteiger partial charge in [-0.15, -0.1) is 0 Å². The highest BCUT2D eigenvalue weighted by Crippen LogP contribution is 2.23. The summed E-state index contributed by atoms with van der Waals surface area (Å²) in [5.41, 5.74) is 0.972. The van der Waals surface area contributed by atoms with Crippen LogP contribution in [0.3, 0.4) is 0 Å². The van der Waals surface area contributed by atoms with Gasteiger partial charge < -0.3 is 9.88 Å². The summed E-state index contributed by atoms with van der Waals surface area (Å²) in [5.74, 6) is -1.14. The van der Waals surface area contributed by atoms with Crippen LogP contribution >= 0.6 is 11.6 Å². The Balaban J connectivity index is 1.81. The molecular weight excluding hydrogens is 467 g/mol. The summed E-state index contributed by atoms with van der Waals surface area (Å²) in [5, 5.41) is 2.92. The zero-order valence-corrected chi connectivity index (χ0v) is 19.0. The molecule has 9 heteroatoms. The summed E-state index contributed by atoms with van der Waals surface area (Å²) >= 11 is 5.85. The lowest BCUT2D eigenvalue weighted by Gasteiger charge is -2.14. The van der Waals surface area contributed by atoms with Crippen molar-refractivity contribution in [3.8, 4) is 0 Å². The molecule has 0 bridgehead atoms. The fourth-order valence-corrected chi connectivity index (χ4v) is 4.89. The summed E-state index contributed by atoms with van der Waals surface area (Å²) in [6, 6.07) is 15.9. The van der Waals surface area contributed by atoms with E-state index in [9.17, 15) is 22.4 Å². The van der Waals surface area contributed by atoms with E-state index in [4.69, 9.17) is 11.6 Å². The van der Waals surface area contributed by atoms with Crippen LogP contribution < -0.4 is 10.7 Å². The van der Waals surface area contributed by atoms with Crippen molar-refractivity contribution in [2.75, 3.05) is 5.32 Å². The first-order chi connectivity index (χ1) is 15.6. The van der Waals surface area contributed by atoms with Crippen molar-refractivity contribution in [1.29, 1.82) is 0 Å². The molecule has 6 nitrogen and oxygen atoms in total. The first kappa shape index (κ1) is 22.7. The maximum Gasteiger partial charge on any atom is 0.244 e. The number of carbonyl (C=O) groups excluding carboxylic acids is 1. The molecule has 4 rings (SSSR count). The number of nitrogens with zero attached hydrogens (tertiary/aromatic N) is 1. The monoisotopic (exact) mass is 484 g/mol. The number of halogens is 2. The lowest BCUT2D eigenvalue weighted by molar-refractivity contribution is -0.116. The Morgan fingerprint density at radius 1 is 1.03 bits per heavy atom. The van der Waals surface area contributed by atoms with Crippen molar-refractivity contribution >= 4 is 43.9 Å². The van der Waals surface area contributed by atoms with E-state index in [1.165, 1.54) is 34.9 Å². The summed E-state index contributed by atoms with van der Waals surface area (Å²) < 4.78 is 41.7. The van der Waals surface area contributed by atoms with Crippen molar-refractivity contribution in [3.63, 3.8) is 0 Å². The van der Waals surface area contributed by atoms with Gasteiger partial charge in [0.1, 0.15) is 17.3 Å². The van der Waals surface area contributed by atoms with Gasteiger partial charge in [0.25, 0.3) is 0 Å². The molecule has 0 aliphatic heterocycles. The minimum atomic E-state index is -4.26. The molecule has 1 heterocycles. The third-order valence-electron chi connectivity index (χ3n) is 5.07. The molecule has 0 atom stereocenters. The second-order valence-corrected chi connectivity index (χ2v) is 9.84. The van der Waals surface area contributed by atoms with E-state index in [0.29, 0.717) is 10.7 Å². The Morgan fingerprint density at radius 3 is 2.36 bits per heavy atom. The molecule has 0 unspecified atom stereocenters. The lowest BCUT2D eigenvalue weighted by atomic mass is 10.2. The molecule has 0 saturated heterocycles. The number of aryl methyl sites for hydroxylation is 1. The van der Waals surface area contributed by atoms with E-state index in [1.807, 2.05) is 19.1 Å². The SMILES string of the molecule is Cc1ccc(NC(=O)Cn2cc(S(=O)(=O)c3ccc(Cl)cc3)c(=O)c3cc(F)ccc32)cc1. The zero-order chi connectivity index (χ0) is 23.8. The molecule has 0 fully saturated rings. The number of fused-ring (bicyclic) bond motifs is 1. The molecule has 1 amide bonds. The van der Waals surface area contributed by atoms with Crippen LogP contribution in [0.5, 0.6) is 0 Å². The fraction of sp³-hybridized carbons (Fsp3) is 0.0833. The van der Waals surface area contributed by atoms with E-state index >= 15 is 0 Å². The van der Waals surface area contributed by atoms with E-state index in [-0.39, 0.29) is 22.3 Å². The van der Waals surface area contributed by atoms with Crippen LogP contribution in [-0.2, 0) is 21.2 Å². The Hall–Kier alpha value is -3.49. The maximum atomic E-state index is 13.9. The van der Waals surface area contributed by atoms with Crippen molar-refractivity contribution in [3.05, 3.63) is 99.6 Å². The molecular formula is C24H18ClFN2O4S. The van der Waals surface area contributed by atoms with Gasteiger partial charge in [0, 0.05) is 22.3 Å². The molecule has 4 aromatic rings. The van der Waals surface area contributed by atoms with Crippen LogP contribution in [0.15, 0.2) is 87.5 Å². The molecule has 0 spiro atoms. The van der Waals surface area contributed by atoms with Gasteiger partial charge in [0.15, 0.2) is 0 Å². The van der Waals surface area contributed by atoms with Crippen LogP contribution in [0, 0.1) is 12.7 Å². The molecule has 0 aliphatic carbocycles. The van der Waals surface area contributed by atoms with Gasteiger partial charge in [0.05, 0.1) is 10.4 Å². The number of benzene rings is 3. The Bertz CT molecular complexity index is 1530. The van der Waals surface area contributed by atoms with Crippen molar-refractivity contribution in [1.82, 2.24) is 4.57 Å². The first-order valence-electron chi connectivity index (χ1n) is 9.85. The molecule has 1 N–H and O–H groups in total. The van der Waals surface area contributed by atoms with Gasteiger partial charge in [-0.3, -0.25) is 9.59 Å². The smallest absolute Gasteiger partial charge is 0.244 e. The second-order valence-electron chi connectivity index (χ2n) is 7.48. The normalized spacial score (nSPS) is 11.5. The summed E-state index contributed by atoms with van der Waals surface area (Å²) in [6.07, 6.45) is 1.11. The third-order valence-corrected chi connectivity index (χ3v) is 7.09. The summed E-state index contributed by atoms with van der Waals surface area (Å²) in [6.45, 7) is 1.62. The van der Waals surface area contributed by atoms with Crippen LogP contribution in [0.2, 0.25) is 5.02 Å². The topological polar surface area (TPSA) is 85.2 Å². The average Bonchev–Trinajstić information content (AvgIpc) is 2.77. The number of nitrogens with one attached hydrogen (secondary N) is 1. The predicted molar refractivity (Wildman–Crippen MR) is 125 cm³/mol. The summed E-state index contributed by atoms with van der Waals surface area (Å²) in [7, 11) is -4.26. The number of hydrogen-bond donors (Lipinski definition) is 1. The lowest BCUT2D eigenvalue weighted by Crippen LogP contribution is -2.24. The van der Waals surface area contributed by atoms with Crippen molar-refractivity contribution in [2.45, 2.75) is 23.3 Å². The van der Waals surface area contributed by atoms with Crippen LogP contribution in [0.1, 0.15) is 5.56 Å². The zero-order valence-electron chi connectivity index (χ0n) is 17.4. The van der Waals surface area contributed by atoms with Gasteiger partial charge in [0.2, 0.25) is 21.2 Å². The first-order valence-corrected chi connectivity index (χ1v) is 11.7. The highest BCUT2D eigenvalue weighted by atomic mass is 35.5. The Morgan fingerprint density at radius 2 is 1.70 bits per heavy atom. The van der Waals surface area contributed by atoms with E-state index < -0.39 is 31.9 Å². The average molecular weight is 485 g/mol. The number of aromatic nitrogens is 1. The van der Waals surface area contributed by atoms with Gasteiger partial charge >= 0.3 is 0 Å². The molecule has 0 aliphatic rings. The van der Waals surface area contributed by atoms with Gasteiger partial charge in [-0.2, -0.15) is 0 Å². The van der Waals surface area contributed by atoms with Gasteiger partial charge in [-0.1, -0.05) is 29.3 Å². The second kappa shape index (κ2) is 8.80. The summed E-state index contributed by atoms with van der Waals surface area (Å²) in [4.78, 5) is 25.0. The van der Waals surface area contributed by atoms with Gasteiger partial charge in [-0.25, -0.2) is 12.8 Å². The maximum absolute atomic E-state index is 13.9. The quantitative estimate of drug-likeness (QED) is 0.449. The largest absolute Gasteiger partial charge is 0.336 e. The number of amides is 1. The minimum absolute atomic E-state index is 0.143. The molecule has 0 radical (unpaired) electrons. The predicted octanol–water partition coefficient (Wildman–Crippen LogP) is 4.57. The fourth-order valence-electron chi connectivity index (χ4n) is 3.40. The molecule has 0 saturated carbocycles. The highest BCUT2D eigenvalue weighted by Gasteiger charge is 2.24. The van der Waals surface area contributed by atoms with E-state index in [0.717, 1.165) is 23.9 Å². The third kappa shape index (κ3) is 4.67. The van der Waals surface area contributed by atoms with Crippen LogP contribution in [0.25, 0.3) is 10.9 Å². The Kier molecular flexibility index (Phi) is 6.05. The number of carbonyl (C=O) groups is 1. The standard InChI is InChI=1S/C24H18ClFN2O4S/c1-15-2-7-18(8-3-15)27-23(29)14-28-13-22(24(30)20-12-17(26)6-11-21(20)28)33(31,32)19-9-4-16(25)5-10-19/h2-13H,14H2,1H3,(H,27,29). The number of pyridine rings is 1.